The normalized spacial score (nSPS) is 14.7. The number of pyridine rings is 2. The number of carbonyl (C=O) groups is 1. The summed E-state index contributed by atoms with van der Waals surface area (Å²) in [5.74, 6) is -0.295. The second-order valence-electron chi connectivity index (χ2n) is 8.36. The van der Waals surface area contributed by atoms with E-state index in [9.17, 15) is 9.59 Å². The summed E-state index contributed by atoms with van der Waals surface area (Å²) in [6.45, 7) is 2.45. The summed E-state index contributed by atoms with van der Waals surface area (Å²) in [6, 6.07) is 15.9. The molecule has 1 atom stereocenters. The van der Waals surface area contributed by atoms with Gasteiger partial charge in [0, 0.05) is 53.0 Å². The molecule has 4 heterocycles. The van der Waals surface area contributed by atoms with Gasteiger partial charge in [0.2, 0.25) is 0 Å². The van der Waals surface area contributed by atoms with Crippen molar-refractivity contribution in [3.8, 4) is 5.69 Å². The minimum atomic E-state index is -0.295. The number of thiophene rings is 1. The Morgan fingerprint density at radius 3 is 2.79 bits per heavy atom. The van der Waals surface area contributed by atoms with E-state index in [1.807, 2.05) is 31.2 Å². The van der Waals surface area contributed by atoms with Crippen LogP contribution >= 0.6 is 23.1 Å². The Morgan fingerprint density at radius 1 is 1.18 bits per heavy atom. The molecule has 5 rings (SSSR count). The second kappa shape index (κ2) is 9.99. The van der Waals surface area contributed by atoms with Crippen molar-refractivity contribution in [2.45, 2.75) is 36.3 Å². The number of nitrogens with zero attached hydrogens (tertiary/aromatic N) is 2. The molecule has 0 spiro atoms. The quantitative estimate of drug-likeness (QED) is 0.372. The number of thioether (sulfide) groups is 1. The van der Waals surface area contributed by atoms with Gasteiger partial charge >= 0.3 is 0 Å². The van der Waals surface area contributed by atoms with Crippen molar-refractivity contribution in [2.75, 3.05) is 6.54 Å². The van der Waals surface area contributed by atoms with Crippen molar-refractivity contribution in [3.05, 3.63) is 110 Å². The Labute approximate surface area is 206 Å². The van der Waals surface area contributed by atoms with E-state index < -0.39 is 0 Å². The summed E-state index contributed by atoms with van der Waals surface area (Å²) < 4.78 is 2.10. The number of aromatic nitrogens is 2. The SMILES string of the molecule is Cc1cc(=O)c(C(=O)NCCCc2ccncc2)c2n1-c1ccccc1S[C@@H](c1ccsc1)C2. The number of rotatable bonds is 6. The topological polar surface area (TPSA) is 64.0 Å². The Balaban J connectivity index is 1.49. The third kappa shape index (κ3) is 4.58. The van der Waals surface area contributed by atoms with Gasteiger partial charge in [0.05, 0.1) is 5.69 Å². The Bertz CT molecular complexity index is 1360. The molecule has 5 nitrogen and oxygen atoms in total. The maximum absolute atomic E-state index is 13.3. The van der Waals surface area contributed by atoms with Crippen molar-refractivity contribution in [1.82, 2.24) is 14.9 Å². The van der Waals surface area contributed by atoms with Gasteiger partial charge in [-0.05, 0) is 72.0 Å². The first-order valence-electron chi connectivity index (χ1n) is 11.3. The van der Waals surface area contributed by atoms with Gasteiger partial charge in [-0.15, -0.1) is 11.8 Å². The average Bonchev–Trinajstić information content (AvgIpc) is 3.32. The van der Waals surface area contributed by atoms with E-state index in [1.165, 1.54) is 11.1 Å². The number of para-hydroxylation sites is 1. The van der Waals surface area contributed by atoms with Crippen molar-refractivity contribution < 1.29 is 4.79 Å². The third-order valence-corrected chi connectivity index (χ3v) is 8.09. The van der Waals surface area contributed by atoms with Gasteiger partial charge < -0.3 is 9.88 Å². The highest BCUT2D eigenvalue weighted by Gasteiger charge is 2.29. The van der Waals surface area contributed by atoms with Crippen LogP contribution in [0.3, 0.4) is 0 Å². The van der Waals surface area contributed by atoms with Gasteiger partial charge in [0.1, 0.15) is 5.56 Å². The first-order valence-corrected chi connectivity index (χ1v) is 13.1. The van der Waals surface area contributed by atoms with Gasteiger partial charge in [-0.25, -0.2) is 0 Å². The summed E-state index contributed by atoms with van der Waals surface area (Å²) in [4.78, 5) is 31.7. The summed E-state index contributed by atoms with van der Waals surface area (Å²) in [7, 11) is 0. The number of hydrogen-bond acceptors (Lipinski definition) is 5. The van der Waals surface area contributed by atoms with Gasteiger partial charge in [-0.2, -0.15) is 11.3 Å². The van der Waals surface area contributed by atoms with E-state index in [0.717, 1.165) is 34.8 Å². The van der Waals surface area contributed by atoms with E-state index in [4.69, 9.17) is 0 Å². The lowest BCUT2D eigenvalue weighted by Crippen LogP contribution is -2.33. The molecule has 0 saturated carbocycles. The number of hydrogen-bond donors (Lipinski definition) is 1. The molecule has 0 saturated heterocycles. The molecule has 3 aromatic heterocycles. The number of benzene rings is 1. The van der Waals surface area contributed by atoms with Gasteiger partial charge in [-0.3, -0.25) is 14.6 Å². The Kier molecular flexibility index (Phi) is 6.65. The first-order chi connectivity index (χ1) is 16.6. The monoisotopic (exact) mass is 487 g/mol. The van der Waals surface area contributed by atoms with Crippen LogP contribution in [0, 0.1) is 6.92 Å². The lowest BCUT2D eigenvalue weighted by molar-refractivity contribution is 0.0950. The van der Waals surface area contributed by atoms with Crippen LogP contribution in [0.25, 0.3) is 5.69 Å². The standard InChI is InChI=1S/C27H25N3O2S2/c1-18-15-23(31)26(27(32)29-11-4-5-19-8-12-28-13-9-19)22-16-25(20-10-14-33-17-20)34-24-7-3-2-6-21(24)30(18)22/h2-3,6-10,12-15,17,25H,4-5,11,16H2,1H3,(H,29,32)/t25-/m1/s1. The zero-order chi connectivity index (χ0) is 23.5. The molecule has 1 amide bonds. The molecule has 1 aliphatic rings. The minimum absolute atomic E-state index is 0.126. The van der Waals surface area contributed by atoms with Gasteiger partial charge in [-0.1, -0.05) is 12.1 Å². The van der Waals surface area contributed by atoms with Crippen molar-refractivity contribution >= 4 is 29.0 Å². The molecule has 0 aliphatic carbocycles. The van der Waals surface area contributed by atoms with Gasteiger partial charge in [0.25, 0.3) is 5.91 Å². The highest BCUT2D eigenvalue weighted by molar-refractivity contribution is 7.99. The molecular weight excluding hydrogens is 462 g/mol. The smallest absolute Gasteiger partial charge is 0.257 e. The molecule has 4 aromatic rings. The number of nitrogens with one attached hydrogen (secondary N) is 1. The lowest BCUT2D eigenvalue weighted by atomic mass is 10.0. The molecular formula is C27H25N3O2S2. The molecule has 1 aliphatic heterocycles. The van der Waals surface area contributed by atoms with E-state index in [2.05, 4.69) is 43.8 Å². The molecule has 0 fully saturated rings. The molecule has 0 radical (unpaired) electrons. The van der Waals surface area contributed by atoms with Crippen LogP contribution in [-0.2, 0) is 12.8 Å². The molecule has 0 bridgehead atoms. The Hall–Kier alpha value is -3.16. The molecule has 34 heavy (non-hydrogen) atoms. The first kappa shape index (κ1) is 22.6. The lowest BCUT2D eigenvalue weighted by Gasteiger charge is -2.20. The third-order valence-electron chi connectivity index (χ3n) is 6.07. The van der Waals surface area contributed by atoms with Crippen LogP contribution in [0.5, 0.6) is 0 Å². The fourth-order valence-corrected chi connectivity index (χ4v) is 6.52. The van der Waals surface area contributed by atoms with Crippen LogP contribution in [0.2, 0.25) is 0 Å². The van der Waals surface area contributed by atoms with Crippen LogP contribution in [-0.4, -0.2) is 22.0 Å². The van der Waals surface area contributed by atoms with Crippen LogP contribution in [0.1, 0.15) is 44.5 Å². The highest BCUT2D eigenvalue weighted by atomic mass is 32.2. The zero-order valence-corrected chi connectivity index (χ0v) is 20.5. The van der Waals surface area contributed by atoms with Crippen LogP contribution < -0.4 is 10.7 Å². The fourth-order valence-electron chi connectivity index (χ4n) is 4.45. The van der Waals surface area contributed by atoms with Crippen molar-refractivity contribution in [1.29, 1.82) is 0 Å². The minimum Gasteiger partial charge on any atom is -0.352 e. The highest BCUT2D eigenvalue weighted by Crippen LogP contribution is 2.44. The Morgan fingerprint density at radius 2 is 2.00 bits per heavy atom. The van der Waals surface area contributed by atoms with E-state index in [1.54, 1.807) is 41.6 Å². The number of amides is 1. The molecule has 1 aromatic carbocycles. The predicted octanol–water partition coefficient (Wildman–Crippen LogP) is 5.35. The molecule has 1 N–H and O–H groups in total. The molecule has 172 valence electrons. The number of aryl methyl sites for hydroxylation is 2. The van der Waals surface area contributed by atoms with Crippen molar-refractivity contribution in [2.24, 2.45) is 0 Å². The fraction of sp³-hybridized carbons (Fsp3) is 0.222. The predicted molar refractivity (Wildman–Crippen MR) is 138 cm³/mol. The van der Waals surface area contributed by atoms with E-state index in [0.29, 0.717) is 13.0 Å². The van der Waals surface area contributed by atoms with Crippen LogP contribution in [0.4, 0.5) is 0 Å². The maximum atomic E-state index is 13.3. The summed E-state index contributed by atoms with van der Waals surface area (Å²) in [5.41, 5.74) is 5.08. The zero-order valence-electron chi connectivity index (χ0n) is 18.9. The summed E-state index contributed by atoms with van der Waals surface area (Å²) in [6.07, 6.45) is 5.79. The van der Waals surface area contributed by atoms with Crippen LogP contribution in [0.15, 0.2) is 81.4 Å². The number of carbonyl (C=O) groups excluding carboxylic acids is 1. The maximum Gasteiger partial charge on any atom is 0.257 e. The van der Waals surface area contributed by atoms with E-state index in [-0.39, 0.29) is 22.1 Å². The molecule has 7 heteroatoms. The second-order valence-corrected chi connectivity index (χ2v) is 10.4. The summed E-state index contributed by atoms with van der Waals surface area (Å²) in [5, 5.41) is 7.36. The van der Waals surface area contributed by atoms with Gasteiger partial charge in [0.15, 0.2) is 5.43 Å². The average molecular weight is 488 g/mol. The van der Waals surface area contributed by atoms with E-state index >= 15 is 0 Å². The largest absolute Gasteiger partial charge is 0.352 e. The number of fused-ring (bicyclic) bond motifs is 3. The molecule has 0 unspecified atom stereocenters. The van der Waals surface area contributed by atoms with Crippen molar-refractivity contribution in [3.63, 3.8) is 0 Å². The summed E-state index contributed by atoms with van der Waals surface area (Å²) >= 11 is 3.46.